The third-order valence-electron chi connectivity index (χ3n) is 10.5. The van der Waals surface area contributed by atoms with Crippen molar-refractivity contribution in [3.63, 3.8) is 0 Å². The van der Waals surface area contributed by atoms with E-state index in [1.54, 1.807) is 12.1 Å². The van der Waals surface area contributed by atoms with Gasteiger partial charge >= 0.3 is 0 Å². The van der Waals surface area contributed by atoms with E-state index in [4.69, 9.17) is 9.47 Å². The third kappa shape index (κ3) is 5.11. The molecule has 0 fully saturated rings. The first-order valence-corrected chi connectivity index (χ1v) is 17.6. The normalized spacial score (nSPS) is 23.1. The van der Waals surface area contributed by atoms with Crippen molar-refractivity contribution in [1.29, 1.82) is 0 Å². The van der Waals surface area contributed by atoms with E-state index in [9.17, 15) is 4.39 Å². The quantitative estimate of drug-likeness (QED) is 0.216. The van der Waals surface area contributed by atoms with Gasteiger partial charge in [-0.3, -0.25) is 0 Å². The first kappa shape index (κ1) is 29.8. The molecule has 4 aromatic rings. The van der Waals surface area contributed by atoms with Gasteiger partial charge in [-0.1, -0.05) is 74.6 Å². The summed E-state index contributed by atoms with van der Waals surface area (Å²) in [4.78, 5) is 2.49. The van der Waals surface area contributed by atoms with Crippen LogP contribution >= 0.6 is 0 Å². The van der Waals surface area contributed by atoms with E-state index in [1.807, 2.05) is 18.2 Å². The smallest absolute Gasteiger partial charge is 0.169 e. The van der Waals surface area contributed by atoms with Crippen LogP contribution in [-0.4, -0.2) is 10.6 Å². The lowest BCUT2D eigenvalue weighted by atomic mass is 9.86. The summed E-state index contributed by atoms with van der Waals surface area (Å²) in [6.07, 6.45) is 24.5. The van der Waals surface area contributed by atoms with Crippen LogP contribution in [0.3, 0.4) is 0 Å². The molecule has 5 heteroatoms. The summed E-state index contributed by atoms with van der Waals surface area (Å²) in [6, 6.07) is 22.4. The summed E-state index contributed by atoms with van der Waals surface area (Å²) in [5.41, 5.74) is 8.25. The molecule has 4 aliphatic carbocycles. The molecule has 0 bridgehead atoms. The highest BCUT2D eigenvalue weighted by Gasteiger charge is 2.38. The van der Waals surface area contributed by atoms with Crippen molar-refractivity contribution < 1.29 is 13.9 Å². The van der Waals surface area contributed by atoms with Crippen LogP contribution in [0.25, 0.3) is 33.1 Å². The van der Waals surface area contributed by atoms with Gasteiger partial charge < -0.3 is 18.9 Å². The van der Waals surface area contributed by atoms with E-state index in [0.717, 1.165) is 66.4 Å². The predicted molar refractivity (Wildman–Crippen MR) is 197 cm³/mol. The second-order valence-electron chi connectivity index (χ2n) is 13.8. The fourth-order valence-electron chi connectivity index (χ4n) is 8.08. The Morgan fingerprint density at radius 2 is 1.53 bits per heavy atom. The summed E-state index contributed by atoms with van der Waals surface area (Å²) in [7, 11) is 0. The molecular weight excluding hydrogens is 607 g/mol. The highest BCUT2D eigenvalue weighted by molar-refractivity contribution is 6.11. The van der Waals surface area contributed by atoms with Gasteiger partial charge in [0.1, 0.15) is 11.6 Å². The standard InChI is InChI=1S/C44H39FN2O2/c1-28-10-8-16-41-43(28)49-44-40(15-9-17-42(44)48-41)47(37-24-20-31(26-29(37)2)30-18-21-32(45)22-19-30)34-23-25-39-36(27-34)35-13-6-7-14-38(35)46(39)33-11-4-3-5-12-33/h4,6-9,11-14,16-25,27-29,40H,3,5,10,15,26H2,1-2H3. The predicted octanol–water partition coefficient (Wildman–Crippen LogP) is 11.3. The van der Waals surface area contributed by atoms with Crippen molar-refractivity contribution in [3.05, 3.63) is 162 Å². The van der Waals surface area contributed by atoms with Gasteiger partial charge in [0.05, 0.1) is 17.1 Å². The zero-order valence-corrected chi connectivity index (χ0v) is 27.9. The van der Waals surface area contributed by atoms with Crippen molar-refractivity contribution in [2.24, 2.45) is 11.8 Å². The van der Waals surface area contributed by atoms with Gasteiger partial charge in [0.25, 0.3) is 0 Å². The third-order valence-corrected chi connectivity index (χ3v) is 10.5. The minimum Gasteiger partial charge on any atom is -0.456 e. The molecule has 0 radical (unpaired) electrons. The average molecular weight is 647 g/mol. The monoisotopic (exact) mass is 646 g/mol. The van der Waals surface area contributed by atoms with Crippen molar-refractivity contribution in [2.45, 2.75) is 52.0 Å². The average Bonchev–Trinajstić information content (AvgIpc) is 3.46. The molecule has 1 aliphatic heterocycles. The zero-order chi connectivity index (χ0) is 33.1. The Labute approximate surface area is 286 Å². The lowest BCUT2D eigenvalue weighted by Gasteiger charge is -2.42. The summed E-state index contributed by atoms with van der Waals surface area (Å²) in [5, 5.41) is 2.46. The van der Waals surface area contributed by atoms with Gasteiger partial charge in [-0.2, -0.15) is 0 Å². The Kier molecular flexibility index (Phi) is 7.30. The number of halogens is 1. The molecule has 244 valence electrons. The number of hydrogen-bond donors (Lipinski definition) is 0. The van der Waals surface area contributed by atoms with E-state index in [0.29, 0.717) is 0 Å². The van der Waals surface area contributed by atoms with Crippen molar-refractivity contribution in [3.8, 4) is 0 Å². The number of allylic oxidation sites excluding steroid dienone is 12. The molecule has 9 rings (SSSR count). The van der Waals surface area contributed by atoms with Crippen LogP contribution in [0.4, 0.5) is 10.1 Å². The maximum atomic E-state index is 13.8. The molecule has 0 saturated heterocycles. The number of aromatic nitrogens is 1. The summed E-state index contributed by atoms with van der Waals surface area (Å²) < 4.78 is 29.6. The van der Waals surface area contributed by atoms with Gasteiger partial charge in [-0.05, 0) is 104 Å². The Bertz CT molecular complexity index is 2250. The van der Waals surface area contributed by atoms with Crippen molar-refractivity contribution in [2.75, 3.05) is 4.90 Å². The van der Waals surface area contributed by atoms with Gasteiger partial charge in [-0.15, -0.1) is 0 Å². The maximum absolute atomic E-state index is 13.8. The lowest BCUT2D eigenvalue weighted by molar-refractivity contribution is 0.144. The molecule has 0 N–H and O–H groups in total. The number of anilines is 1. The maximum Gasteiger partial charge on any atom is 0.169 e. The highest BCUT2D eigenvalue weighted by Crippen LogP contribution is 2.45. The second-order valence-corrected chi connectivity index (χ2v) is 13.8. The molecule has 2 heterocycles. The fraction of sp³-hybridized carbons (Fsp3) is 0.227. The number of ether oxygens (including phenoxy) is 2. The van der Waals surface area contributed by atoms with Gasteiger partial charge in [-0.25, -0.2) is 4.39 Å². The van der Waals surface area contributed by atoms with Gasteiger partial charge in [0.2, 0.25) is 0 Å². The molecule has 1 aromatic heterocycles. The van der Waals surface area contributed by atoms with Crippen LogP contribution < -0.4 is 4.90 Å². The van der Waals surface area contributed by atoms with Crippen LogP contribution in [0.5, 0.6) is 0 Å². The number of fused-ring (bicyclic) bond motifs is 3. The van der Waals surface area contributed by atoms with E-state index < -0.39 is 0 Å². The molecule has 0 amide bonds. The summed E-state index contributed by atoms with van der Waals surface area (Å²) in [5.74, 6) is 3.60. The minimum atomic E-state index is -0.214. The molecule has 0 saturated carbocycles. The van der Waals surface area contributed by atoms with Crippen LogP contribution in [-0.2, 0) is 9.47 Å². The van der Waals surface area contributed by atoms with E-state index in [2.05, 4.69) is 114 Å². The zero-order valence-electron chi connectivity index (χ0n) is 27.9. The fourth-order valence-corrected chi connectivity index (χ4v) is 8.08. The minimum absolute atomic E-state index is 0.101. The molecule has 3 atom stereocenters. The summed E-state index contributed by atoms with van der Waals surface area (Å²) in [6.45, 7) is 4.50. The number of para-hydroxylation sites is 1. The molecule has 0 spiro atoms. The van der Waals surface area contributed by atoms with Crippen molar-refractivity contribution in [1.82, 2.24) is 4.57 Å². The van der Waals surface area contributed by atoms with E-state index >= 15 is 0 Å². The number of rotatable bonds is 5. The van der Waals surface area contributed by atoms with Crippen LogP contribution in [0.2, 0.25) is 0 Å². The lowest BCUT2D eigenvalue weighted by Crippen LogP contribution is -2.41. The molecule has 3 aromatic carbocycles. The second kappa shape index (κ2) is 12.0. The molecule has 49 heavy (non-hydrogen) atoms. The van der Waals surface area contributed by atoms with Gasteiger partial charge in [0.15, 0.2) is 17.3 Å². The largest absolute Gasteiger partial charge is 0.456 e. The van der Waals surface area contributed by atoms with Gasteiger partial charge in [0, 0.05) is 39.7 Å². The van der Waals surface area contributed by atoms with Crippen LogP contribution in [0.1, 0.15) is 51.5 Å². The SMILES string of the molecule is CC1CC(c2ccc(F)cc2)=CC=C1N(c1ccc2c(c1)c1ccccc1n2C1=CCCC=C1)C1CC=CC2=C1OC1=C(C=CCC1C)O2. The van der Waals surface area contributed by atoms with Crippen LogP contribution in [0.15, 0.2) is 150 Å². The topological polar surface area (TPSA) is 26.6 Å². The first-order chi connectivity index (χ1) is 24.0. The molecule has 5 aliphatic rings. The Morgan fingerprint density at radius 1 is 0.735 bits per heavy atom. The van der Waals surface area contributed by atoms with E-state index in [1.165, 1.54) is 38.8 Å². The van der Waals surface area contributed by atoms with Crippen LogP contribution in [0, 0.1) is 17.7 Å². The Balaban J connectivity index is 1.21. The Morgan fingerprint density at radius 3 is 2.35 bits per heavy atom. The molecular formula is C44H39FN2O2. The first-order valence-electron chi connectivity index (χ1n) is 17.6. The van der Waals surface area contributed by atoms with E-state index in [-0.39, 0.29) is 23.7 Å². The highest BCUT2D eigenvalue weighted by atomic mass is 19.1. The molecule has 4 nitrogen and oxygen atoms in total. The number of nitrogens with zero attached hydrogens (tertiary/aromatic N) is 2. The summed E-state index contributed by atoms with van der Waals surface area (Å²) >= 11 is 0. The number of hydrogen-bond acceptors (Lipinski definition) is 3. The Hall–Kier alpha value is -5.29. The van der Waals surface area contributed by atoms with Crippen molar-refractivity contribution >= 4 is 38.8 Å². The molecule has 3 unspecified atom stereocenters. The number of benzene rings is 3.